The van der Waals surface area contributed by atoms with E-state index in [2.05, 4.69) is 4.98 Å². The average molecular weight is 473 g/mol. The number of nitrogens with zero attached hydrogens (tertiary/aromatic N) is 1. The van der Waals surface area contributed by atoms with E-state index in [4.69, 9.17) is 9.47 Å². The zero-order valence-electron chi connectivity index (χ0n) is 18.0. The number of nitrogens with one attached hydrogen (secondary N) is 1. The number of methoxy groups -OCH3 is 1. The minimum absolute atomic E-state index is 0.235. The second-order valence-electron chi connectivity index (χ2n) is 7.43. The summed E-state index contributed by atoms with van der Waals surface area (Å²) in [7, 11) is -1.88. The molecule has 4 rings (SSSR count). The van der Waals surface area contributed by atoms with Crippen LogP contribution >= 0.6 is 11.3 Å². The van der Waals surface area contributed by atoms with Crippen LogP contribution < -0.4 is 15.2 Å². The van der Waals surface area contributed by atoms with E-state index in [1.165, 1.54) is 10.8 Å². The van der Waals surface area contributed by atoms with Crippen molar-refractivity contribution in [2.75, 3.05) is 25.7 Å². The number of ether oxygens (including phenoxy) is 2. The molecular weight excluding hydrogens is 448 g/mol. The van der Waals surface area contributed by atoms with Crippen LogP contribution in [0.5, 0.6) is 11.5 Å². The smallest absolute Gasteiger partial charge is 0.327 e. The van der Waals surface area contributed by atoms with E-state index < -0.39 is 15.9 Å². The molecule has 1 N–H and O–H groups in total. The normalized spacial score (nSPS) is 12.7. The Kier molecular flexibility index (Phi) is 6.12. The summed E-state index contributed by atoms with van der Waals surface area (Å²) in [4.78, 5) is 17.1. The Hall–Kier alpha value is -3.04. The number of benzene rings is 2. The van der Waals surface area contributed by atoms with E-state index in [1.54, 1.807) is 36.6 Å². The molecule has 0 spiro atoms. The predicted octanol–water partition coefficient (Wildman–Crippen LogP) is 4.10. The van der Waals surface area contributed by atoms with Crippen molar-refractivity contribution in [3.63, 3.8) is 0 Å². The van der Waals surface area contributed by atoms with Gasteiger partial charge in [0.1, 0.15) is 9.84 Å². The van der Waals surface area contributed by atoms with E-state index in [9.17, 15) is 13.2 Å². The highest BCUT2D eigenvalue weighted by Gasteiger charge is 2.25. The number of aromatic nitrogens is 2. The van der Waals surface area contributed by atoms with Gasteiger partial charge in [-0.25, -0.2) is 13.2 Å². The van der Waals surface area contributed by atoms with E-state index in [0.29, 0.717) is 34.7 Å². The molecule has 0 amide bonds. The fourth-order valence-electron chi connectivity index (χ4n) is 3.87. The van der Waals surface area contributed by atoms with Crippen LogP contribution in [0.15, 0.2) is 58.7 Å². The first-order chi connectivity index (χ1) is 15.3. The number of rotatable bonds is 8. The largest absolute Gasteiger partial charge is 0.493 e. The molecule has 168 valence electrons. The Morgan fingerprint density at radius 3 is 2.59 bits per heavy atom. The maximum absolute atomic E-state index is 13.2. The van der Waals surface area contributed by atoms with Gasteiger partial charge in [-0.3, -0.25) is 4.57 Å². The van der Waals surface area contributed by atoms with Crippen molar-refractivity contribution in [2.24, 2.45) is 0 Å². The molecule has 0 aliphatic rings. The highest BCUT2D eigenvalue weighted by molar-refractivity contribution is 7.90. The Balaban J connectivity index is 1.94. The molecule has 2 heterocycles. The highest BCUT2D eigenvalue weighted by Crippen LogP contribution is 2.35. The van der Waals surface area contributed by atoms with E-state index in [0.717, 1.165) is 10.4 Å². The van der Waals surface area contributed by atoms with Gasteiger partial charge in [-0.1, -0.05) is 24.3 Å². The summed E-state index contributed by atoms with van der Waals surface area (Å²) in [5.41, 5.74) is 2.49. The molecule has 1 atom stereocenters. The van der Waals surface area contributed by atoms with Crippen molar-refractivity contribution in [1.82, 2.24) is 9.55 Å². The van der Waals surface area contributed by atoms with Gasteiger partial charge in [0.15, 0.2) is 11.5 Å². The molecule has 2 aromatic heterocycles. The van der Waals surface area contributed by atoms with Crippen LogP contribution in [-0.4, -0.2) is 43.7 Å². The lowest BCUT2D eigenvalue weighted by molar-refractivity contribution is 0.310. The Labute approximate surface area is 190 Å². The first-order valence-corrected chi connectivity index (χ1v) is 13.0. The van der Waals surface area contributed by atoms with Gasteiger partial charge in [-0.2, -0.15) is 0 Å². The molecule has 9 heteroatoms. The van der Waals surface area contributed by atoms with Crippen molar-refractivity contribution >= 4 is 32.2 Å². The fraction of sp³-hybridized carbons (Fsp3) is 0.261. The van der Waals surface area contributed by atoms with Crippen LogP contribution in [0.1, 0.15) is 18.5 Å². The number of H-pyrrole nitrogens is 1. The fourth-order valence-corrected chi connectivity index (χ4v) is 5.54. The van der Waals surface area contributed by atoms with Crippen molar-refractivity contribution in [1.29, 1.82) is 0 Å². The second kappa shape index (κ2) is 8.84. The van der Waals surface area contributed by atoms with Crippen molar-refractivity contribution in [2.45, 2.75) is 13.0 Å². The average Bonchev–Trinajstić information content (AvgIpc) is 3.39. The number of hydrogen-bond donors (Lipinski definition) is 1. The third kappa shape index (κ3) is 4.31. The van der Waals surface area contributed by atoms with Gasteiger partial charge in [-0.15, -0.1) is 11.3 Å². The molecule has 0 fully saturated rings. The number of thiophene rings is 1. The standard InChI is InChI=1S/C23H24N2O5S2/c1-4-30-20-13-15(10-11-19(20)29-2)18(14-32(3,27)28)25-17-8-5-7-16(21-9-6-12-31-21)22(17)24-23(25)26/h5-13,18H,4,14H2,1-3H3,(H,24,26). The van der Waals surface area contributed by atoms with E-state index in [1.807, 2.05) is 42.6 Å². The molecule has 32 heavy (non-hydrogen) atoms. The Morgan fingerprint density at radius 2 is 1.94 bits per heavy atom. The zero-order chi connectivity index (χ0) is 22.9. The summed E-state index contributed by atoms with van der Waals surface area (Å²) >= 11 is 1.57. The molecule has 0 aliphatic carbocycles. The summed E-state index contributed by atoms with van der Waals surface area (Å²) in [5, 5.41) is 1.97. The Morgan fingerprint density at radius 1 is 1.12 bits per heavy atom. The molecular formula is C23H24N2O5S2. The molecule has 2 aromatic carbocycles. The minimum Gasteiger partial charge on any atom is -0.493 e. The van der Waals surface area contributed by atoms with Crippen LogP contribution in [0.25, 0.3) is 21.5 Å². The molecule has 7 nitrogen and oxygen atoms in total. The topological polar surface area (TPSA) is 90.4 Å². The molecule has 1 unspecified atom stereocenters. The van der Waals surface area contributed by atoms with Crippen molar-refractivity contribution in [3.8, 4) is 21.9 Å². The second-order valence-corrected chi connectivity index (χ2v) is 10.6. The van der Waals surface area contributed by atoms with Gasteiger partial charge in [0.05, 0.1) is 36.5 Å². The first-order valence-electron chi connectivity index (χ1n) is 10.1. The van der Waals surface area contributed by atoms with Crippen LogP contribution in [0, 0.1) is 0 Å². The first kappa shape index (κ1) is 22.2. The van der Waals surface area contributed by atoms with Gasteiger partial charge in [-0.05, 0) is 42.1 Å². The lowest BCUT2D eigenvalue weighted by Gasteiger charge is -2.20. The highest BCUT2D eigenvalue weighted by atomic mass is 32.2. The summed E-state index contributed by atoms with van der Waals surface area (Å²) in [6.45, 7) is 2.28. The third-order valence-corrected chi connectivity index (χ3v) is 7.01. The van der Waals surface area contributed by atoms with Crippen molar-refractivity contribution < 1.29 is 17.9 Å². The van der Waals surface area contributed by atoms with Crippen LogP contribution in [0.2, 0.25) is 0 Å². The summed E-state index contributed by atoms with van der Waals surface area (Å²) in [6.07, 6.45) is 1.17. The number of fused-ring (bicyclic) bond motifs is 1. The number of imidazole rings is 1. The van der Waals surface area contributed by atoms with Gasteiger partial charge < -0.3 is 14.5 Å². The van der Waals surface area contributed by atoms with Crippen LogP contribution in [0.3, 0.4) is 0 Å². The number of para-hydroxylation sites is 1. The van der Waals surface area contributed by atoms with Gasteiger partial charge >= 0.3 is 5.69 Å². The van der Waals surface area contributed by atoms with Gasteiger partial charge in [0.2, 0.25) is 0 Å². The summed E-state index contributed by atoms with van der Waals surface area (Å²) in [6, 6.07) is 14.1. The lowest BCUT2D eigenvalue weighted by Crippen LogP contribution is -2.28. The number of hydrogen-bond acceptors (Lipinski definition) is 6. The van der Waals surface area contributed by atoms with E-state index in [-0.39, 0.29) is 11.4 Å². The molecule has 0 saturated heterocycles. The Bertz CT molecular complexity index is 1400. The molecule has 0 bridgehead atoms. The number of aromatic amines is 1. The maximum atomic E-state index is 13.2. The molecule has 0 radical (unpaired) electrons. The summed E-state index contributed by atoms with van der Waals surface area (Å²) < 4.78 is 37.3. The van der Waals surface area contributed by atoms with Gasteiger partial charge in [0, 0.05) is 16.7 Å². The SMILES string of the molecule is CCOc1cc(C(CS(C)(=O)=O)n2c(=O)[nH]c3c(-c4cccs4)cccc32)ccc1OC. The predicted molar refractivity (Wildman–Crippen MR) is 128 cm³/mol. The number of sulfone groups is 1. The van der Waals surface area contributed by atoms with Gasteiger partial charge in [0.25, 0.3) is 0 Å². The lowest BCUT2D eigenvalue weighted by atomic mass is 10.1. The zero-order valence-corrected chi connectivity index (χ0v) is 19.6. The van der Waals surface area contributed by atoms with Crippen molar-refractivity contribution in [3.05, 3.63) is 70.0 Å². The third-order valence-electron chi connectivity index (χ3n) is 5.18. The maximum Gasteiger partial charge on any atom is 0.327 e. The molecule has 4 aromatic rings. The summed E-state index contributed by atoms with van der Waals surface area (Å²) in [5.74, 6) is 0.805. The molecule has 0 aliphatic heterocycles. The van der Waals surface area contributed by atoms with Crippen LogP contribution in [0.4, 0.5) is 0 Å². The monoisotopic (exact) mass is 472 g/mol. The molecule has 0 saturated carbocycles. The van der Waals surface area contributed by atoms with E-state index >= 15 is 0 Å². The minimum atomic E-state index is -3.42. The van der Waals surface area contributed by atoms with Crippen LogP contribution in [-0.2, 0) is 9.84 Å². The quantitative estimate of drug-likeness (QED) is 0.417.